The number of benzene rings is 2. The van der Waals surface area contributed by atoms with Gasteiger partial charge in [-0.05, 0) is 35.9 Å². The van der Waals surface area contributed by atoms with E-state index in [2.05, 4.69) is 0 Å². The molecule has 5 heteroatoms. The zero-order valence-electron chi connectivity index (χ0n) is 10.8. The van der Waals surface area contributed by atoms with Gasteiger partial charge in [-0.3, -0.25) is 4.79 Å². The number of hydrogen-bond acceptors (Lipinski definition) is 3. The van der Waals surface area contributed by atoms with Gasteiger partial charge in [-0.25, -0.2) is 8.78 Å². The number of allylic oxidation sites excluding steroid dienone is 1. The molecule has 1 heterocycles. The lowest BCUT2D eigenvalue weighted by atomic mass is 10.1. The molecule has 0 unspecified atom stereocenters. The summed E-state index contributed by atoms with van der Waals surface area (Å²) in [5.74, 6) is -1.30. The van der Waals surface area contributed by atoms with Crippen LogP contribution in [-0.4, -0.2) is 12.6 Å². The van der Waals surface area contributed by atoms with Crippen LogP contribution >= 0.6 is 0 Å². The molecule has 0 amide bonds. The van der Waals surface area contributed by atoms with E-state index in [1.54, 1.807) is 18.2 Å². The lowest BCUT2D eigenvalue weighted by molar-refractivity contribution is 0.104. The van der Waals surface area contributed by atoms with Gasteiger partial charge < -0.3 is 9.47 Å². The quantitative estimate of drug-likeness (QED) is 0.639. The molecule has 0 atom stereocenters. The van der Waals surface area contributed by atoms with Crippen molar-refractivity contribution in [3.8, 4) is 11.5 Å². The average Bonchev–Trinajstić information content (AvgIpc) is 2.92. The lowest BCUT2D eigenvalue weighted by Crippen LogP contribution is -2.02. The molecule has 3 nitrogen and oxygen atoms in total. The van der Waals surface area contributed by atoms with Crippen LogP contribution in [0.3, 0.4) is 0 Å². The summed E-state index contributed by atoms with van der Waals surface area (Å²) in [4.78, 5) is 11.9. The fraction of sp³-hybridized carbons (Fsp3) is 0.0625. The zero-order chi connectivity index (χ0) is 14.8. The number of hydrogen-bond donors (Lipinski definition) is 0. The highest BCUT2D eigenvalue weighted by atomic mass is 19.1. The van der Waals surface area contributed by atoms with E-state index in [1.807, 2.05) is 0 Å². The van der Waals surface area contributed by atoms with Gasteiger partial charge in [0.15, 0.2) is 17.3 Å². The van der Waals surface area contributed by atoms with Gasteiger partial charge in [0.1, 0.15) is 11.6 Å². The van der Waals surface area contributed by atoms with Gasteiger partial charge in [0.05, 0.1) is 5.56 Å². The lowest BCUT2D eigenvalue weighted by Gasteiger charge is -2.00. The minimum Gasteiger partial charge on any atom is -0.454 e. The van der Waals surface area contributed by atoms with Crippen LogP contribution in [0.1, 0.15) is 15.9 Å². The van der Waals surface area contributed by atoms with Crippen molar-refractivity contribution in [3.05, 3.63) is 65.2 Å². The molecule has 2 aromatic carbocycles. The third-order valence-electron chi connectivity index (χ3n) is 3.03. The Balaban J connectivity index is 1.84. The maximum atomic E-state index is 13.5. The summed E-state index contributed by atoms with van der Waals surface area (Å²) in [7, 11) is 0. The topological polar surface area (TPSA) is 35.5 Å². The summed E-state index contributed by atoms with van der Waals surface area (Å²) in [6.45, 7) is 0.155. The highest BCUT2D eigenvalue weighted by Crippen LogP contribution is 2.32. The predicted molar refractivity (Wildman–Crippen MR) is 72.3 cm³/mol. The molecule has 0 saturated heterocycles. The molecule has 0 aromatic heterocycles. The Morgan fingerprint density at radius 2 is 1.76 bits per heavy atom. The first-order valence-electron chi connectivity index (χ1n) is 6.21. The third kappa shape index (κ3) is 2.63. The Labute approximate surface area is 119 Å². The minimum absolute atomic E-state index is 0.155. The van der Waals surface area contributed by atoms with E-state index in [0.29, 0.717) is 17.1 Å². The molecule has 1 aliphatic heterocycles. The van der Waals surface area contributed by atoms with Gasteiger partial charge in [-0.1, -0.05) is 18.2 Å². The zero-order valence-corrected chi connectivity index (χ0v) is 10.8. The van der Waals surface area contributed by atoms with Gasteiger partial charge >= 0.3 is 0 Å². The van der Waals surface area contributed by atoms with Crippen LogP contribution in [0.2, 0.25) is 0 Å². The summed E-state index contributed by atoms with van der Waals surface area (Å²) < 4.78 is 37.3. The highest BCUT2D eigenvalue weighted by molar-refractivity contribution is 6.07. The molecule has 3 rings (SSSR count). The van der Waals surface area contributed by atoms with Crippen molar-refractivity contribution in [2.45, 2.75) is 0 Å². The van der Waals surface area contributed by atoms with Crippen molar-refractivity contribution < 1.29 is 23.0 Å². The van der Waals surface area contributed by atoms with Crippen molar-refractivity contribution in [2.75, 3.05) is 6.79 Å². The van der Waals surface area contributed by atoms with Crippen LogP contribution in [0.5, 0.6) is 11.5 Å². The molecule has 2 aromatic rings. The van der Waals surface area contributed by atoms with Crippen LogP contribution in [0.4, 0.5) is 8.78 Å². The van der Waals surface area contributed by atoms with E-state index in [9.17, 15) is 13.6 Å². The SMILES string of the molecule is O=C(/C=C/c1ccc2c(c1)OCO2)c1c(F)cccc1F. The van der Waals surface area contributed by atoms with E-state index in [0.717, 1.165) is 18.2 Å². The molecular weight excluding hydrogens is 278 g/mol. The van der Waals surface area contributed by atoms with E-state index >= 15 is 0 Å². The first kappa shape index (κ1) is 13.3. The van der Waals surface area contributed by atoms with Crippen LogP contribution in [0.15, 0.2) is 42.5 Å². The predicted octanol–water partition coefficient (Wildman–Crippen LogP) is 3.59. The standard InChI is InChI=1S/C16H10F2O3/c17-11-2-1-3-12(18)16(11)13(19)6-4-10-5-7-14-15(8-10)21-9-20-14/h1-8H,9H2/b6-4+. The average molecular weight is 288 g/mol. The Hall–Kier alpha value is -2.69. The van der Waals surface area contributed by atoms with Crippen molar-refractivity contribution in [2.24, 2.45) is 0 Å². The first-order valence-corrected chi connectivity index (χ1v) is 6.21. The molecule has 0 fully saturated rings. The van der Waals surface area contributed by atoms with Gasteiger partial charge in [0, 0.05) is 0 Å². The van der Waals surface area contributed by atoms with Crippen LogP contribution in [0.25, 0.3) is 6.08 Å². The van der Waals surface area contributed by atoms with Crippen LogP contribution in [-0.2, 0) is 0 Å². The normalized spacial score (nSPS) is 12.9. The van der Waals surface area contributed by atoms with Gasteiger partial charge in [-0.2, -0.15) is 0 Å². The van der Waals surface area contributed by atoms with E-state index in [4.69, 9.17) is 9.47 Å². The summed E-state index contributed by atoms with van der Waals surface area (Å²) in [5, 5.41) is 0. The van der Waals surface area contributed by atoms with Crippen molar-refractivity contribution in [1.29, 1.82) is 0 Å². The number of fused-ring (bicyclic) bond motifs is 1. The molecular formula is C16H10F2O3. The van der Waals surface area contributed by atoms with E-state index in [1.165, 1.54) is 12.1 Å². The summed E-state index contributed by atoms with van der Waals surface area (Å²) in [6.07, 6.45) is 2.59. The highest BCUT2D eigenvalue weighted by Gasteiger charge is 2.15. The molecule has 0 radical (unpaired) electrons. The van der Waals surface area contributed by atoms with E-state index in [-0.39, 0.29) is 6.79 Å². The maximum Gasteiger partial charge on any atom is 0.231 e. The van der Waals surface area contributed by atoms with Gasteiger partial charge in [-0.15, -0.1) is 0 Å². The second-order valence-corrected chi connectivity index (χ2v) is 4.41. The van der Waals surface area contributed by atoms with Crippen LogP contribution in [0, 0.1) is 11.6 Å². The smallest absolute Gasteiger partial charge is 0.231 e. The Kier molecular flexibility index (Phi) is 3.39. The fourth-order valence-electron chi connectivity index (χ4n) is 2.01. The van der Waals surface area contributed by atoms with Gasteiger partial charge in [0.2, 0.25) is 6.79 Å². The Morgan fingerprint density at radius 3 is 2.52 bits per heavy atom. The monoisotopic (exact) mass is 288 g/mol. The second-order valence-electron chi connectivity index (χ2n) is 4.41. The van der Waals surface area contributed by atoms with Crippen LogP contribution < -0.4 is 9.47 Å². The summed E-state index contributed by atoms with van der Waals surface area (Å²) in [6, 6.07) is 8.41. The fourth-order valence-corrected chi connectivity index (χ4v) is 2.01. The minimum atomic E-state index is -0.879. The molecule has 106 valence electrons. The van der Waals surface area contributed by atoms with Crippen molar-refractivity contribution in [3.63, 3.8) is 0 Å². The maximum absolute atomic E-state index is 13.5. The van der Waals surface area contributed by atoms with Crippen molar-refractivity contribution in [1.82, 2.24) is 0 Å². The molecule has 21 heavy (non-hydrogen) atoms. The number of ether oxygens (including phenoxy) is 2. The molecule has 0 bridgehead atoms. The van der Waals surface area contributed by atoms with Crippen molar-refractivity contribution >= 4 is 11.9 Å². The Morgan fingerprint density at radius 1 is 1.05 bits per heavy atom. The molecule has 1 aliphatic rings. The molecule has 0 aliphatic carbocycles. The second kappa shape index (κ2) is 5.36. The van der Waals surface area contributed by atoms with Gasteiger partial charge in [0.25, 0.3) is 0 Å². The molecule has 0 saturated carbocycles. The molecule has 0 N–H and O–H groups in total. The number of ketones is 1. The Bertz CT molecular complexity index is 718. The number of carbonyl (C=O) groups excluding carboxylic acids is 1. The number of carbonyl (C=O) groups is 1. The number of rotatable bonds is 3. The summed E-state index contributed by atoms with van der Waals surface area (Å²) in [5.41, 5.74) is 0.110. The van der Waals surface area contributed by atoms with E-state index < -0.39 is 23.0 Å². The third-order valence-corrected chi connectivity index (χ3v) is 3.03. The summed E-state index contributed by atoms with van der Waals surface area (Å²) >= 11 is 0. The molecule has 0 spiro atoms. The number of halogens is 2. The first-order chi connectivity index (χ1) is 10.1. The largest absolute Gasteiger partial charge is 0.454 e.